The third-order valence-electron chi connectivity index (χ3n) is 5.17. The first-order chi connectivity index (χ1) is 13.7. The van der Waals surface area contributed by atoms with Gasteiger partial charge >= 0.3 is 12.1 Å². The van der Waals surface area contributed by atoms with E-state index in [0.717, 1.165) is 25.9 Å². The Morgan fingerprint density at radius 2 is 1.72 bits per heavy atom. The molecule has 1 spiro atoms. The number of pyridine rings is 1. The highest BCUT2D eigenvalue weighted by atomic mass is 19.4. The fraction of sp³-hybridized carbons (Fsp3) is 0.286. The number of carbonyl (C=O) groups is 2. The maximum atomic E-state index is 12.5. The summed E-state index contributed by atoms with van der Waals surface area (Å²) in [6.07, 6.45) is 4.82. The number of piperidine rings is 1. The molecule has 0 bridgehead atoms. The van der Waals surface area contributed by atoms with Crippen molar-refractivity contribution in [2.75, 3.05) is 13.1 Å². The number of alkyl halides is 3. The van der Waals surface area contributed by atoms with Gasteiger partial charge in [-0.1, -0.05) is 36.4 Å². The molecule has 2 heterocycles. The number of benzene rings is 1. The number of fused-ring (bicyclic) bond motifs is 2. The third-order valence-corrected chi connectivity index (χ3v) is 5.17. The first-order valence-electron chi connectivity index (χ1n) is 9.01. The van der Waals surface area contributed by atoms with Crippen LogP contribution in [-0.2, 0) is 10.2 Å². The number of hydrogen-bond donors (Lipinski definition) is 1. The van der Waals surface area contributed by atoms with Gasteiger partial charge in [-0.25, -0.2) is 4.79 Å². The lowest BCUT2D eigenvalue weighted by Gasteiger charge is -2.39. The van der Waals surface area contributed by atoms with Crippen LogP contribution in [0.2, 0.25) is 0 Å². The van der Waals surface area contributed by atoms with Crippen LogP contribution in [0.4, 0.5) is 13.2 Å². The van der Waals surface area contributed by atoms with E-state index in [1.165, 1.54) is 11.1 Å². The molecule has 1 saturated heterocycles. The first kappa shape index (κ1) is 20.6. The van der Waals surface area contributed by atoms with Gasteiger partial charge in [-0.15, -0.1) is 0 Å². The van der Waals surface area contributed by atoms with E-state index < -0.39 is 12.1 Å². The number of carboxylic acid groups (broad SMARTS) is 1. The van der Waals surface area contributed by atoms with Gasteiger partial charge in [-0.2, -0.15) is 13.2 Å². The molecule has 1 fully saturated rings. The van der Waals surface area contributed by atoms with Crippen LogP contribution in [0.3, 0.4) is 0 Å². The third kappa shape index (κ3) is 4.47. The molecule has 0 atom stereocenters. The SMILES string of the molecule is O=C(O)C(F)(F)F.O=C(c1cccnc1)N1CCC2(C=Cc3ccccc32)CC1. The van der Waals surface area contributed by atoms with Crippen molar-refractivity contribution in [2.45, 2.75) is 24.4 Å². The summed E-state index contributed by atoms with van der Waals surface area (Å²) in [5.74, 6) is -2.66. The summed E-state index contributed by atoms with van der Waals surface area (Å²) in [7, 11) is 0. The lowest BCUT2D eigenvalue weighted by atomic mass is 9.74. The van der Waals surface area contributed by atoms with Crippen molar-refractivity contribution in [3.8, 4) is 0 Å². The summed E-state index contributed by atoms with van der Waals surface area (Å²) >= 11 is 0. The van der Waals surface area contributed by atoms with Crippen molar-refractivity contribution in [1.82, 2.24) is 9.88 Å². The van der Waals surface area contributed by atoms with Crippen molar-refractivity contribution >= 4 is 18.0 Å². The normalized spacial score (nSPS) is 16.7. The van der Waals surface area contributed by atoms with Gasteiger partial charge in [0.1, 0.15) is 0 Å². The van der Waals surface area contributed by atoms with E-state index in [0.29, 0.717) is 5.56 Å². The number of allylic oxidation sites excluding steroid dienone is 1. The lowest BCUT2D eigenvalue weighted by molar-refractivity contribution is -0.192. The fourth-order valence-electron chi connectivity index (χ4n) is 3.65. The topological polar surface area (TPSA) is 70.5 Å². The van der Waals surface area contributed by atoms with Crippen LogP contribution in [0, 0.1) is 0 Å². The van der Waals surface area contributed by atoms with Crippen LogP contribution >= 0.6 is 0 Å². The molecule has 0 unspecified atom stereocenters. The Morgan fingerprint density at radius 3 is 2.31 bits per heavy atom. The molecule has 1 amide bonds. The average Bonchev–Trinajstić information content (AvgIpc) is 3.07. The second kappa shape index (κ2) is 8.06. The Bertz CT molecular complexity index is 918. The number of rotatable bonds is 1. The lowest BCUT2D eigenvalue weighted by Crippen LogP contribution is -2.44. The highest BCUT2D eigenvalue weighted by Crippen LogP contribution is 2.43. The first-order valence-corrected chi connectivity index (χ1v) is 9.01. The highest BCUT2D eigenvalue weighted by Gasteiger charge is 2.39. The number of halogens is 3. The molecule has 1 aliphatic heterocycles. The molecule has 8 heteroatoms. The van der Waals surface area contributed by atoms with Gasteiger partial charge in [0.15, 0.2) is 0 Å². The summed E-state index contributed by atoms with van der Waals surface area (Å²) in [5, 5.41) is 7.12. The Morgan fingerprint density at radius 1 is 1.07 bits per heavy atom. The Balaban J connectivity index is 0.000000298. The van der Waals surface area contributed by atoms with Gasteiger partial charge < -0.3 is 10.0 Å². The minimum absolute atomic E-state index is 0.0956. The molecule has 0 saturated carbocycles. The zero-order valence-corrected chi connectivity index (χ0v) is 15.4. The van der Waals surface area contributed by atoms with E-state index in [9.17, 15) is 18.0 Å². The summed E-state index contributed by atoms with van der Waals surface area (Å²) in [4.78, 5) is 27.4. The van der Waals surface area contributed by atoms with E-state index in [2.05, 4.69) is 41.4 Å². The zero-order chi connectivity index (χ0) is 21.1. The average molecular weight is 404 g/mol. The Hall–Kier alpha value is -3.16. The van der Waals surface area contributed by atoms with Crippen LogP contribution in [-0.4, -0.2) is 46.1 Å². The molecule has 1 aliphatic carbocycles. The Labute approximate surface area is 165 Å². The molecule has 0 radical (unpaired) electrons. The number of hydrogen-bond acceptors (Lipinski definition) is 3. The van der Waals surface area contributed by atoms with E-state index >= 15 is 0 Å². The van der Waals surface area contributed by atoms with Gasteiger partial charge in [0.05, 0.1) is 5.56 Å². The quantitative estimate of drug-likeness (QED) is 0.782. The van der Waals surface area contributed by atoms with Crippen molar-refractivity contribution in [3.05, 3.63) is 71.6 Å². The van der Waals surface area contributed by atoms with Gasteiger partial charge in [0.2, 0.25) is 0 Å². The number of carboxylic acids is 1. The highest BCUT2D eigenvalue weighted by molar-refractivity contribution is 5.94. The van der Waals surface area contributed by atoms with Crippen LogP contribution in [0.1, 0.15) is 34.3 Å². The van der Waals surface area contributed by atoms with E-state index in [1.807, 2.05) is 17.0 Å². The number of nitrogens with zero attached hydrogens (tertiary/aromatic N) is 2. The van der Waals surface area contributed by atoms with Crippen molar-refractivity contribution < 1.29 is 27.9 Å². The number of amides is 1. The summed E-state index contributed by atoms with van der Waals surface area (Å²) in [6.45, 7) is 1.60. The predicted molar refractivity (Wildman–Crippen MR) is 100 cm³/mol. The smallest absolute Gasteiger partial charge is 0.475 e. The monoisotopic (exact) mass is 404 g/mol. The van der Waals surface area contributed by atoms with Crippen molar-refractivity contribution in [1.29, 1.82) is 0 Å². The maximum absolute atomic E-state index is 12.5. The second-order valence-electron chi connectivity index (χ2n) is 6.91. The van der Waals surface area contributed by atoms with Gasteiger partial charge in [0, 0.05) is 30.9 Å². The number of aromatic nitrogens is 1. The Kier molecular flexibility index (Phi) is 5.72. The molecule has 1 aromatic carbocycles. The van der Waals surface area contributed by atoms with E-state index in [4.69, 9.17) is 9.90 Å². The largest absolute Gasteiger partial charge is 0.490 e. The summed E-state index contributed by atoms with van der Waals surface area (Å²) in [6, 6.07) is 12.3. The molecule has 4 rings (SSSR count). The zero-order valence-electron chi connectivity index (χ0n) is 15.4. The molecule has 1 N–H and O–H groups in total. The van der Waals surface area contributed by atoms with Gasteiger partial charge in [-0.05, 0) is 36.1 Å². The molecule has 152 valence electrons. The standard InChI is InChI=1S/C19H18N2O.C2HF3O2/c22-18(16-5-3-11-20-14-16)21-12-9-19(10-13-21)8-7-15-4-1-2-6-17(15)19;3-2(4,5)1(6)7/h1-8,11,14H,9-10,12-13H2;(H,6,7). The van der Waals surface area contributed by atoms with E-state index in [1.54, 1.807) is 12.4 Å². The molecule has 2 aliphatic rings. The molecular weight excluding hydrogens is 385 g/mol. The second-order valence-corrected chi connectivity index (χ2v) is 6.91. The molecule has 5 nitrogen and oxygen atoms in total. The van der Waals surface area contributed by atoms with Crippen LogP contribution in [0.15, 0.2) is 54.9 Å². The predicted octanol–water partition coefficient (Wildman–Crippen LogP) is 3.92. The number of aliphatic carboxylic acids is 1. The minimum Gasteiger partial charge on any atom is -0.475 e. The van der Waals surface area contributed by atoms with Gasteiger partial charge in [-0.3, -0.25) is 9.78 Å². The van der Waals surface area contributed by atoms with Crippen molar-refractivity contribution in [3.63, 3.8) is 0 Å². The molecule has 2 aromatic rings. The summed E-state index contributed by atoms with van der Waals surface area (Å²) in [5.41, 5.74) is 3.56. The molecule has 1 aromatic heterocycles. The molecular formula is C21H19F3N2O3. The fourth-order valence-corrected chi connectivity index (χ4v) is 3.65. The van der Waals surface area contributed by atoms with Crippen molar-refractivity contribution in [2.24, 2.45) is 0 Å². The number of carbonyl (C=O) groups excluding carboxylic acids is 1. The number of likely N-dealkylation sites (tertiary alicyclic amines) is 1. The van der Waals surface area contributed by atoms with Crippen LogP contribution < -0.4 is 0 Å². The van der Waals surface area contributed by atoms with E-state index in [-0.39, 0.29) is 11.3 Å². The minimum atomic E-state index is -5.08. The van der Waals surface area contributed by atoms with Crippen LogP contribution in [0.25, 0.3) is 6.08 Å². The molecule has 29 heavy (non-hydrogen) atoms. The van der Waals surface area contributed by atoms with Crippen LogP contribution in [0.5, 0.6) is 0 Å². The van der Waals surface area contributed by atoms with Gasteiger partial charge in [0.25, 0.3) is 5.91 Å². The maximum Gasteiger partial charge on any atom is 0.490 e. The summed E-state index contributed by atoms with van der Waals surface area (Å²) < 4.78 is 31.7.